The Bertz CT molecular complexity index is 452. The topological polar surface area (TPSA) is 113 Å². The highest BCUT2D eigenvalue weighted by Crippen LogP contribution is 2.19. The SMILES string of the molecule is CCCOCc1noc(-c2nonc2N)n1. The summed E-state index contributed by atoms with van der Waals surface area (Å²) >= 11 is 0. The van der Waals surface area contributed by atoms with Crippen molar-refractivity contribution in [2.45, 2.75) is 20.0 Å². The minimum Gasteiger partial charge on any atom is -0.379 e. The Morgan fingerprint density at radius 1 is 1.31 bits per heavy atom. The molecule has 0 saturated carbocycles. The lowest BCUT2D eigenvalue weighted by Gasteiger charge is -1.95. The van der Waals surface area contributed by atoms with Gasteiger partial charge in [0.25, 0.3) is 5.89 Å². The summed E-state index contributed by atoms with van der Waals surface area (Å²) in [6.45, 7) is 2.96. The van der Waals surface area contributed by atoms with E-state index in [4.69, 9.17) is 15.0 Å². The van der Waals surface area contributed by atoms with Crippen molar-refractivity contribution in [3.8, 4) is 11.6 Å². The van der Waals surface area contributed by atoms with E-state index < -0.39 is 0 Å². The molecule has 0 amide bonds. The molecule has 0 aliphatic rings. The van der Waals surface area contributed by atoms with Gasteiger partial charge in [-0.15, -0.1) is 0 Å². The average Bonchev–Trinajstić information content (AvgIpc) is 2.87. The normalized spacial score (nSPS) is 10.8. The van der Waals surface area contributed by atoms with Crippen LogP contribution in [0, 0.1) is 0 Å². The maximum atomic E-state index is 5.48. The standard InChI is InChI=1S/C8H11N5O3/c1-2-3-14-4-5-10-8(15-11-5)6-7(9)13-16-12-6/h2-4H2,1H3,(H2,9,13). The highest BCUT2D eigenvalue weighted by Gasteiger charge is 2.16. The van der Waals surface area contributed by atoms with Crippen molar-refractivity contribution in [1.29, 1.82) is 0 Å². The summed E-state index contributed by atoms with van der Waals surface area (Å²) in [4.78, 5) is 4.04. The third kappa shape index (κ3) is 2.16. The highest BCUT2D eigenvalue weighted by atomic mass is 16.6. The Labute approximate surface area is 90.7 Å². The fraction of sp³-hybridized carbons (Fsp3) is 0.500. The summed E-state index contributed by atoms with van der Waals surface area (Å²) in [6, 6.07) is 0. The lowest BCUT2D eigenvalue weighted by atomic mass is 10.4. The van der Waals surface area contributed by atoms with Crippen molar-refractivity contribution in [3.05, 3.63) is 5.82 Å². The van der Waals surface area contributed by atoms with E-state index in [-0.39, 0.29) is 17.4 Å². The number of nitrogens with zero attached hydrogens (tertiary/aromatic N) is 4. The summed E-state index contributed by atoms with van der Waals surface area (Å²) in [5, 5.41) is 10.7. The molecule has 0 spiro atoms. The molecule has 2 aromatic rings. The molecule has 0 saturated heterocycles. The number of hydrogen-bond donors (Lipinski definition) is 1. The molecule has 8 nitrogen and oxygen atoms in total. The number of hydrogen-bond acceptors (Lipinski definition) is 8. The number of ether oxygens (including phenoxy) is 1. The summed E-state index contributed by atoms with van der Waals surface area (Å²) in [6.07, 6.45) is 0.935. The molecule has 0 radical (unpaired) electrons. The minimum absolute atomic E-state index is 0.115. The minimum atomic E-state index is 0.115. The van der Waals surface area contributed by atoms with Crippen LogP contribution in [0.3, 0.4) is 0 Å². The molecule has 0 aliphatic heterocycles. The van der Waals surface area contributed by atoms with Crippen LogP contribution in [0.5, 0.6) is 0 Å². The molecule has 0 aromatic carbocycles. The maximum absolute atomic E-state index is 5.48. The summed E-state index contributed by atoms with van der Waals surface area (Å²) in [5.41, 5.74) is 5.72. The smallest absolute Gasteiger partial charge is 0.284 e. The van der Waals surface area contributed by atoms with Crippen molar-refractivity contribution >= 4 is 5.82 Å². The van der Waals surface area contributed by atoms with E-state index in [1.54, 1.807) is 0 Å². The lowest BCUT2D eigenvalue weighted by Crippen LogP contribution is -1.96. The van der Waals surface area contributed by atoms with E-state index in [0.29, 0.717) is 19.0 Å². The molecular weight excluding hydrogens is 214 g/mol. The molecule has 0 unspecified atom stereocenters. The summed E-state index contributed by atoms with van der Waals surface area (Å²) < 4.78 is 14.6. The molecule has 8 heteroatoms. The van der Waals surface area contributed by atoms with Gasteiger partial charge in [-0.25, -0.2) is 4.63 Å². The van der Waals surface area contributed by atoms with E-state index in [1.165, 1.54) is 0 Å². The fourth-order valence-corrected chi connectivity index (χ4v) is 1.06. The third-order valence-electron chi connectivity index (χ3n) is 1.76. The second kappa shape index (κ2) is 4.71. The Morgan fingerprint density at radius 2 is 2.19 bits per heavy atom. The molecule has 2 N–H and O–H groups in total. The highest BCUT2D eigenvalue weighted by molar-refractivity contribution is 5.60. The average molecular weight is 225 g/mol. The van der Waals surface area contributed by atoms with Crippen molar-refractivity contribution < 1.29 is 13.9 Å². The molecule has 2 rings (SSSR count). The van der Waals surface area contributed by atoms with Gasteiger partial charge < -0.3 is 15.0 Å². The number of anilines is 1. The van der Waals surface area contributed by atoms with Gasteiger partial charge in [0.1, 0.15) is 6.61 Å². The van der Waals surface area contributed by atoms with Crippen LogP contribution in [0.1, 0.15) is 19.2 Å². The van der Waals surface area contributed by atoms with Crippen LogP contribution in [-0.4, -0.2) is 27.1 Å². The van der Waals surface area contributed by atoms with Crippen molar-refractivity contribution in [1.82, 2.24) is 20.5 Å². The fourth-order valence-electron chi connectivity index (χ4n) is 1.06. The molecule has 2 aromatic heterocycles. The van der Waals surface area contributed by atoms with Crippen molar-refractivity contribution in [2.75, 3.05) is 12.3 Å². The first-order valence-electron chi connectivity index (χ1n) is 4.80. The van der Waals surface area contributed by atoms with Crippen LogP contribution >= 0.6 is 0 Å². The van der Waals surface area contributed by atoms with E-state index in [1.807, 2.05) is 6.92 Å². The van der Waals surface area contributed by atoms with Gasteiger partial charge in [-0.05, 0) is 16.7 Å². The second-order valence-corrected chi connectivity index (χ2v) is 3.07. The second-order valence-electron chi connectivity index (χ2n) is 3.07. The zero-order valence-electron chi connectivity index (χ0n) is 8.71. The molecule has 0 fully saturated rings. The predicted octanol–water partition coefficient (Wildman–Crippen LogP) is 0.628. The molecular formula is C8H11N5O3. The first-order chi connectivity index (χ1) is 7.81. The third-order valence-corrected chi connectivity index (χ3v) is 1.76. The lowest BCUT2D eigenvalue weighted by molar-refractivity contribution is 0.114. The van der Waals surface area contributed by atoms with Gasteiger partial charge >= 0.3 is 0 Å². The van der Waals surface area contributed by atoms with E-state index in [9.17, 15) is 0 Å². The Morgan fingerprint density at radius 3 is 2.88 bits per heavy atom. The molecule has 0 bridgehead atoms. The number of rotatable bonds is 5. The van der Waals surface area contributed by atoms with Gasteiger partial charge in [0.15, 0.2) is 5.82 Å². The van der Waals surface area contributed by atoms with Crippen LogP contribution in [0.15, 0.2) is 9.15 Å². The molecule has 0 atom stereocenters. The maximum Gasteiger partial charge on any atom is 0.284 e. The zero-order chi connectivity index (χ0) is 11.4. The Kier molecular flexibility index (Phi) is 3.10. The van der Waals surface area contributed by atoms with Crippen LogP contribution in [0.2, 0.25) is 0 Å². The van der Waals surface area contributed by atoms with Crippen molar-refractivity contribution in [3.63, 3.8) is 0 Å². The number of nitrogens with two attached hydrogens (primary N) is 1. The number of nitrogen functional groups attached to an aromatic ring is 1. The summed E-state index contributed by atoms with van der Waals surface area (Å²) in [7, 11) is 0. The van der Waals surface area contributed by atoms with Crippen LogP contribution in [0.25, 0.3) is 11.6 Å². The van der Waals surface area contributed by atoms with Gasteiger partial charge in [0.2, 0.25) is 11.5 Å². The molecule has 86 valence electrons. The van der Waals surface area contributed by atoms with E-state index in [0.717, 1.165) is 6.42 Å². The van der Waals surface area contributed by atoms with E-state index in [2.05, 4.69) is 25.1 Å². The Balaban J connectivity index is 2.05. The van der Waals surface area contributed by atoms with Gasteiger partial charge in [-0.2, -0.15) is 4.98 Å². The monoisotopic (exact) mass is 225 g/mol. The summed E-state index contributed by atoms with van der Waals surface area (Å²) in [5.74, 6) is 0.726. The largest absolute Gasteiger partial charge is 0.379 e. The molecule has 0 aliphatic carbocycles. The first-order valence-corrected chi connectivity index (χ1v) is 4.80. The zero-order valence-corrected chi connectivity index (χ0v) is 8.71. The van der Waals surface area contributed by atoms with Crippen LogP contribution in [-0.2, 0) is 11.3 Å². The van der Waals surface area contributed by atoms with Crippen LogP contribution in [0.4, 0.5) is 5.82 Å². The first kappa shape index (κ1) is 10.6. The van der Waals surface area contributed by atoms with Crippen molar-refractivity contribution in [2.24, 2.45) is 0 Å². The molecule has 16 heavy (non-hydrogen) atoms. The molecule has 2 heterocycles. The Hall–Kier alpha value is -1.96. The van der Waals surface area contributed by atoms with Crippen LogP contribution < -0.4 is 5.73 Å². The van der Waals surface area contributed by atoms with E-state index >= 15 is 0 Å². The predicted molar refractivity (Wildman–Crippen MR) is 51.9 cm³/mol. The number of aromatic nitrogens is 4. The van der Waals surface area contributed by atoms with Gasteiger partial charge in [0.05, 0.1) is 0 Å². The van der Waals surface area contributed by atoms with Gasteiger partial charge in [-0.1, -0.05) is 12.1 Å². The quantitative estimate of drug-likeness (QED) is 0.737. The van der Waals surface area contributed by atoms with Gasteiger partial charge in [-0.3, -0.25) is 0 Å². The van der Waals surface area contributed by atoms with Gasteiger partial charge in [0, 0.05) is 6.61 Å².